The molecule has 5 nitrogen and oxygen atoms in total. The summed E-state index contributed by atoms with van der Waals surface area (Å²) >= 11 is 3.33. The number of benzene rings is 1. The van der Waals surface area contributed by atoms with Gasteiger partial charge in [0, 0.05) is 22.1 Å². The Balaban J connectivity index is 1.81. The molecule has 1 aromatic carbocycles. The number of aryl methyl sites for hydroxylation is 1. The minimum absolute atomic E-state index is 0.285. The highest BCUT2D eigenvalue weighted by Crippen LogP contribution is 2.25. The quantitative estimate of drug-likeness (QED) is 0.838. The van der Waals surface area contributed by atoms with Crippen molar-refractivity contribution in [3.8, 4) is 0 Å². The number of hydrogen-bond donors (Lipinski definition) is 1. The van der Waals surface area contributed by atoms with E-state index in [0.717, 1.165) is 10.2 Å². The monoisotopic (exact) mass is 357 g/mol. The van der Waals surface area contributed by atoms with E-state index in [1.165, 1.54) is 6.21 Å². The molecule has 1 aliphatic heterocycles. The summed E-state index contributed by atoms with van der Waals surface area (Å²) in [5, 5.41) is 2.72. The first-order valence-electron chi connectivity index (χ1n) is 6.67. The number of rotatable bonds is 2. The number of Topliss-reactive ketones (excluding diaryl/α,β-unsaturated/α-hetero) is 1. The first kappa shape index (κ1) is 14.6. The Kier molecular flexibility index (Phi) is 3.85. The summed E-state index contributed by atoms with van der Waals surface area (Å²) < 4.78 is 0.913. The first-order chi connectivity index (χ1) is 10.5. The maximum atomic E-state index is 12.4. The minimum Gasteiger partial charge on any atom is -0.325 e. The lowest BCUT2D eigenvalue weighted by atomic mass is 9.95. The highest BCUT2D eigenvalue weighted by atomic mass is 79.9. The fourth-order valence-corrected chi connectivity index (χ4v) is 2.42. The molecule has 0 radical (unpaired) electrons. The molecular weight excluding hydrogens is 346 g/mol. The highest BCUT2D eigenvalue weighted by Gasteiger charge is 2.31. The molecule has 1 aromatic heterocycles. The SMILES string of the molecule is Cc1ccc2c(n1)N=CC(C(=O)Nc1ccc(Br)cc1)C2=O. The molecule has 22 heavy (non-hydrogen) atoms. The fraction of sp³-hybridized carbons (Fsp3) is 0.125. The normalized spacial score (nSPS) is 16.3. The minimum atomic E-state index is -0.930. The van der Waals surface area contributed by atoms with Crippen molar-refractivity contribution >= 4 is 45.3 Å². The summed E-state index contributed by atoms with van der Waals surface area (Å²) in [6.07, 6.45) is 1.35. The van der Waals surface area contributed by atoms with Crippen LogP contribution in [0.4, 0.5) is 11.5 Å². The first-order valence-corrected chi connectivity index (χ1v) is 7.46. The number of nitrogens with zero attached hydrogens (tertiary/aromatic N) is 2. The molecule has 1 N–H and O–H groups in total. The van der Waals surface area contributed by atoms with E-state index in [0.29, 0.717) is 17.1 Å². The van der Waals surface area contributed by atoms with Crippen molar-refractivity contribution in [3.63, 3.8) is 0 Å². The van der Waals surface area contributed by atoms with E-state index in [-0.39, 0.29) is 5.78 Å². The summed E-state index contributed by atoms with van der Waals surface area (Å²) in [5.74, 6) is -1.24. The summed E-state index contributed by atoms with van der Waals surface area (Å²) in [7, 11) is 0. The summed E-state index contributed by atoms with van der Waals surface area (Å²) in [6, 6.07) is 10.5. The number of amides is 1. The molecule has 110 valence electrons. The van der Waals surface area contributed by atoms with E-state index in [4.69, 9.17) is 0 Å². The predicted octanol–water partition coefficient (Wildman–Crippen LogP) is 3.31. The average molecular weight is 358 g/mol. The molecule has 3 rings (SSSR count). The number of fused-ring (bicyclic) bond motifs is 1. The van der Waals surface area contributed by atoms with Gasteiger partial charge < -0.3 is 5.32 Å². The van der Waals surface area contributed by atoms with Gasteiger partial charge in [0.05, 0.1) is 5.56 Å². The zero-order valence-electron chi connectivity index (χ0n) is 11.7. The average Bonchev–Trinajstić information content (AvgIpc) is 2.49. The van der Waals surface area contributed by atoms with Crippen LogP contribution in [0, 0.1) is 12.8 Å². The van der Waals surface area contributed by atoms with Gasteiger partial charge in [-0.3, -0.25) is 9.59 Å². The molecule has 2 heterocycles. The summed E-state index contributed by atoms with van der Waals surface area (Å²) in [5.41, 5.74) is 1.78. The van der Waals surface area contributed by atoms with Crippen LogP contribution < -0.4 is 5.32 Å². The van der Waals surface area contributed by atoms with Crippen LogP contribution in [0.1, 0.15) is 16.1 Å². The predicted molar refractivity (Wildman–Crippen MR) is 87.7 cm³/mol. The van der Waals surface area contributed by atoms with Crippen molar-refractivity contribution in [2.24, 2.45) is 10.9 Å². The Labute approximate surface area is 135 Å². The van der Waals surface area contributed by atoms with Crippen molar-refractivity contribution < 1.29 is 9.59 Å². The number of aromatic nitrogens is 1. The molecule has 2 aromatic rings. The van der Waals surface area contributed by atoms with Gasteiger partial charge in [-0.15, -0.1) is 0 Å². The molecule has 0 saturated carbocycles. The Morgan fingerprint density at radius 2 is 1.91 bits per heavy atom. The van der Waals surface area contributed by atoms with Crippen molar-refractivity contribution in [3.05, 3.63) is 52.1 Å². The van der Waals surface area contributed by atoms with E-state index >= 15 is 0 Å². The Morgan fingerprint density at radius 1 is 1.18 bits per heavy atom. The van der Waals surface area contributed by atoms with Gasteiger partial charge in [0.25, 0.3) is 0 Å². The standard InChI is InChI=1S/C16H12BrN3O2/c1-9-2-7-12-14(21)13(8-18-15(12)19-9)16(22)20-11-5-3-10(17)4-6-11/h2-8,13H,1H3,(H,20,22). The number of halogens is 1. The molecule has 0 bridgehead atoms. The van der Waals surface area contributed by atoms with Gasteiger partial charge in [-0.1, -0.05) is 15.9 Å². The number of aliphatic imine (C=N–C) groups is 1. The van der Waals surface area contributed by atoms with Crippen molar-refractivity contribution in [1.82, 2.24) is 4.98 Å². The van der Waals surface area contributed by atoms with Gasteiger partial charge in [-0.05, 0) is 43.3 Å². The molecule has 0 aliphatic carbocycles. The molecule has 1 atom stereocenters. The smallest absolute Gasteiger partial charge is 0.240 e. The second-order valence-corrected chi connectivity index (χ2v) is 5.86. The summed E-state index contributed by atoms with van der Waals surface area (Å²) in [6.45, 7) is 1.83. The van der Waals surface area contributed by atoms with Crippen LogP contribution >= 0.6 is 15.9 Å². The van der Waals surface area contributed by atoms with E-state index in [9.17, 15) is 9.59 Å². The number of anilines is 1. The zero-order chi connectivity index (χ0) is 15.7. The maximum absolute atomic E-state index is 12.4. The van der Waals surface area contributed by atoms with Crippen LogP contribution in [0.5, 0.6) is 0 Å². The van der Waals surface area contributed by atoms with Gasteiger partial charge >= 0.3 is 0 Å². The van der Waals surface area contributed by atoms with Crippen LogP contribution in [0.2, 0.25) is 0 Å². The molecule has 6 heteroatoms. The van der Waals surface area contributed by atoms with Crippen molar-refractivity contribution in [2.45, 2.75) is 6.92 Å². The number of ketones is 1. The number of hydrogen-bond acceptors (Lipinski definition) is 4. The molecule has 1 amide bonds. The Morgan fingerprint density at radius 3 is 2.64 bits per heavy atom. The number of pyridine rings is 1. The molecule has 1 unspecified atom stereocenters. The lowest BCUT2D eigenvalue weighted by Crippen LogP contribution is -2.32. The fourth-order valence-electron chi connectivity index (χ4n) is 2.15. The van der Waals surface area contributed by atoms with Gasteiger partial charge in [0.1, 0.15) is 5.92 Å². The van der Waals surface area contributed by atoms with Crippen molar-refractivity contribution in [1.29, 1.82) is 0 Å². The number of carbonyl (C=O) groups excluding carboxylic acids is 2. The van der Waals surface area contributed by atoms with Crippen LogP contribution in [0.15, 0.2) is 45.9 Å². The topological polar surface area (TPSA) is 71.4 Å². The largest absolute Gasteiger partial charge is 0.325 e. The van der Waals surface area contributed by atoms with E-state index < -0.39 is 11.8 Å². The highest BCUT2D eigenvalue weighted by molar-refractivity contribution is 9.10. The third kappa shape index (κ3) is 2.82. The third-order valence-electron chi connectivity index (χ3n) is 3.30. The van der Waals surface area contributed by atoms with Gasteiger partial charge in [-0.25, -0.2) is 9.98 Å². The molecule has 0 saturated heterocycles. The van der Waals surface area contributed by atoms with E-state index in [1.807, 2.05) is 19.1 Å². The summed E-state index contributed by atoms with van der Waals surface area (Å²) in [4.78, 5) is 33.0. The van der Waals surface area contributed by atoms with Crippen LogP contribution in [0.3, 0.4) is 0 Å². The molecular formula is C16H12BrN3O2. The second-order valence-electron chi connectivity index (χ2n) is 4.94. The van der Waals surface area contributed by atoms with Gasteiger partial charge in [-0.2, -0.15) is 0 Å². The lowest BCUT2D eigenvalue weighted by molar-refractivity contribution is -0.116. The number of nitrogens with one attached hydrogen (secondary N) is 1. The zero-order valence-corrected chi connectivity index (χ0v) is 13.3. The Bertz CT molecular complexity index is 784. The van der Waals surface area contributed by atoms with Crippen LogP contribution in [-0.2, 0) is 4.79 Å². The second kappa shape index (κ2) is 5.81. The van der Waals surface area contributed by atoms with Gasteiger partial charge in [0.2, 0.25) is 5.91 Å². The lowest BCUT2D eigenvalue weighted by Gasteiger charge is -2.16. The molecule has 0 fully saturated rings. The maximum Gasteiger partial charge on any atom is 0.240 e. The van der Waals surface area contributed by atoms with E-state index in [2.05, 4.69) is 31.2 Å². The van der Waals surface area contributed by atoms with Crippen LogP contribution in [0.25, 0.3) is 0 Å². The van der Waals surface area contributed by atoms with E-state index in [1.54, 1.807) is 24.3 Å². The molecule has 1 aliphatic rings. The number of carbonyl (C=O) groups is 2. The van der Waals surface area contributed by atoms with Crippen molar-refractivity contribution in [2.75, 3.05) is 5.32 Å². The third-order valence-corrected chi connectivity index (χ3v) is 3.83. The van der Waals surface area contributed by atoms with Crippen LogP contribution in [-0.4, -0.2) is 22.9 Å². The Hall–Kier alpha value is -2.34. The van der Waals surface area contributed by atoms with Gasteiger partial charge in [0.15, 0.2) is 11.6 Å². The molecule has 0 spiro atoms.